The van der Waals surface area contributed by atoms with E-state index in [1.807, 2.05) is 0 Å². The second-order valence-electron chi connectivity index (χ2n) is 6.74. The molecule has 0 saturated heterocycles. The van der Waals surface area contributed by atoms with Crippen molar-refractivity contribution in [3.63, 3.8) is 0 Å². The Morgan fingerprint density at radius 2 is 1.71 bits per heavy atom. The Kier molecular flexibility index (Phi) is 5.96. The molecular formula is C22H16F3N2O4-. The number of carbonyl (C=O) groups excluding carboxylic acids is 2. The van der Waals surface area contributed by atoms with Gasteiger partial charge in [0.2, 0.25) is 0 Å². The molecule has 1 N–H and O–H groups in total. The number of aromatic nitrogens is 1. The summed E-state index contributed by atoms with van der Waals surface area (Å²) in [5, 5.41) is 13.3. The van der Waals surface area contributed by atoms with E-state index in [0.717, 1.165) is 16.7 Å². The molecule has 6 nitrogen and oxygen atoms in total. The van der Waals surface area contributed by atoms with Crippen molar-refractivity contribution in [3.05, 3.63) is 99.0 Å². The zero-order valence-electron chi connectivity index (χ0n) is 16.2. The van der Waals surface area contributed by atoms with E-state index < -0.39 is 29.2 Å². The molecule has 3 aromatic rings. The van der Waals surface area contributed by atoms with Crippen molar-refractivity contribution in [1.29, 1.82) is 0 Å². The average Bonchev–Trinajstić information content (AvgIpc) is 2.72. The highest BCUT2D eigenvalue weighted by atomic mass is 19.4. The first-order chi connectivity index (χ1) is 14.6. The van der Waals surface area contributed by atoms with E-state index in [1.165, 1.54) is 48.5 Å². The van der Waals surface area contributed by atoms with Crippen molar-refractivity contribution >= 4 is 11.9 Å². The van der Waals surface area contributed by atoms with Crippen molar-refractivity contribution < 1.29 is 27.9 Å². The SMILES string of the molecule is Cc1ccc(C(=O)NCc2ccc(C(=O)[O-])cc2)c(=O)n1-c1cccc(C(F)(F)F)c1. The number of hydrogen-bond acceptors (Lipinski definition) is 4. The molecule has 31 heavy (non-hydrogen) atoms. The lowest BCUT2D eigenvalue weighted by Gasteiger charge is -2.14. The summed E-state index contributed by atoms with van der Waals surface area (Å²) in [4.78, 5) is 36.2. The lowest BCUT2D eigenvalue weighted by atomic mass is 10.1. The fourth-order valence-electron chi connectivity index (χ4n) is 2.98. The Hall–Kier alpha value is -3.88. The normalized spacial score (nSPS) is 11.2. The zero-order chi connectivity index (χ0) is 22.8. The minimum atomic E-state index is -4.57. The molecule has 0 bridgehead atoms. The summed E-state index contributed by atoms with van der Waals surface area (Å²) >= 11 is 0. The number of carboxylic acid groups (broad SMARTS) is 1. The molecule has 0 saturated carbocycles. The number of hydrogen-bond donors (Lipinski definition) is 1. The van der Waals surface area contributed by atoms with Gasteiger partial charge in [0.25, 0.3) is 11.5 Å². The molecule has 1 heterocycles. The molecule has 0 aliphatic carbocycles. The second kappa shape index (κ2) is 8.47. The van der Waals surface area contributed by atoms with Crippen LogP contribution in [0.25, 0.3) is 5.69 Å². The molecule has 3 rings (SSSR count). The van der Waals surface area contributed by atoms with E-state index >= 15 is 0 Å². The Bertz CT molecular complexity index is 1200. The summed E-state index contributed by atoms with van der Waals surface area (Å²) in [7, 11) is 0. The summed E-state index contributed by atoms with van der Waals surface area (Å²) in [5.41, 5.74) is -0.991. The lowest BCUT2D eigenvalue weighted by Crippen LogP contribution is -2.33. The predicted molar refractivity (Wildman–Crippen MR) is 104 cm³/mol. The number of carboxylic acids is 1. The van der Waals surface area contributed by atoms with Gasteiger partial charge in [0.15, 0.2) is 0 Å². The number of nitrogens with one attached hydrogen (secondary N) is 1. The maximum atomic E-state index is 13.0. The molecule has 0 fully saturated rings. The van der Waals surface area contributed by atoms with Crippen LogP contribution in [0.1, 0.15) is 37.5 Å². The molecule has 0 aliphatic heterocycles. The standard InChI is InChI=1S/C22H17F3N2O4/c1-13-5-10-18(19(28)26-12-14-6-8-15(9-7-14)21(30)31)20(29)27(13)17-4-2-3-16(11-17)22(23,24)25/h2-11H,12H2,1H3,(H,26,28)(H,30,31)/p-1. The highest BCUT2D eigenvalue weighted by Crippen LogP contribution is 2.30. The van der Waals surface area contributed by atoms with Gasteiger partial charge in [-0.2, -0.15) is 13.2 Å². The summed E-state index contributed by atoms with van der Waals surface area (Å²) in [6, 6.07) is 12.7. The maximum absolute atomic E-state index is 13.0. The van der Waals surface area contributed by atoms with Gasteiger partial charge in [-0.15, -0.1) is 0 Å². The molecule has 0 unspecified atom stereocenters. The molecule has 0 atom stereocenters. The Morgan fingerprint density at radius 1 is 1.03 bits per heavy atom. The molecule has 0 radical (unpaired) electrons. The van der Waals surface area contributed by atoms with Gasteiger partial charge in [-0.05, 0) is 48.4 Å². The number of pyridine rings is 1. The Labute approximate surface area is 174 Å². The first kappa shape index (κ1) is 21.8. The van der Waals surface area contributed by atoms with Crippen LogP contribution in [0.4, 0.5) is 13.2 Å². The van der Waals surface area contributed by atoms with E-state index in [2.05, 4.69) is 5.32 Å². The van der Waals surface area contributed by atoms with Gasteiger partial charge in [0.05, 0.1) is 11.5 Å². The summed E-state index contributed by atoms with van der Waals surface area (Å²) in [5.74, 6) is -2.04. The smallest absolute Gasteiger partial charge is 0.416 e. The predicted octanol–water partition coefficient (Wildman–Crippen LogP) is 2.46. The van der Waals surface area contributed by atoms with Gasteiger partial charge in [0.1, 0.15) is 5.56 Å². The molecule has 0 aliphatic rings. The van der Waals surface area contributed by atoms with Crippen molar-refractivity contribution in [2.45, 2.75) is 19.6 Å². The lowest BCUT2D eigenvalue weighted by molar-refractivity contribution is -0.255. The number of rotatable bonds is 5. The van der Waals surface area contributed by atoms with Crippen molar-refractivity contribution in [2.24, 2.45) is 0 Å². The van der Waals surface area contributed by atoms with Crippen LogP contribution < -0.4 is 16.0 Å². The van der Waals surface area contributed by atoms with Gasteiger partial charge in [-0.1, -0.05) is 30.3 Å². The number of amides is 1. The first-order valence-electron chi connectivity index (χ1n) is 9.06. The monoisotopic (exact) mass is 429 g/mol. The number of nitrogens with zero attached hydrogens (tertiary/aromatic N) is 1. The summed E-state index contributed by atoms with van der Waals surface area (Å²) in [6.07, 6.45) is -4.57. The number of carbonyl (C=O) groups is 2. The van der Waals surface area contributed by atoms with Crippen molar-refractivity contribution in [3.8, 4) is 5.69 Å². The number of aromatic carboxylic acids is 1. The minimum absolute atomic E-state index is 0.00940. The van der Waals surface area contributed by atoms with Gasteiger partial charge in [0, 0.05) is 17.9 Å². The number of benzene rings is 2. The summed E-state index contributed by atoms with van der Waals surface area (Å²) in [6.45, 7) is 1.56. The average molecular weight is 429 g/mol. The van der Waals surface area contributed by atoms with Gasteiger partial charge in [-0.3, -0.25) is 14.2 Å². The first-order valence-corrected chi connectivity index (χ1v) is 9.06. The molecular weight excluding hydrogens is 413 g/mol. The topological polar surface area (TPSA) is 91.2 Å². The molecule has 0 spiro atoms. The maximum Gasteiger partial charge on any atom is 0.416 e. The van der Waals surface area contributed by atoms with Crippen LogP contribution >= 0.6 is 0 Å². The van der Waals surface area contributed by atoms with E-state index in [9.17, 15) is 32.7 Å². The Balaban J connectivity index is 1.87. The third-order valence-electron chi connectivity index (χ3n) is 4.60. The van der Waals surface area contributed by atoms with Crippen LogP contribution in [0.15, 0.2) is 65.5 Å². The van der Waals surface area contributed by atoms with Crippen LogP contribution in [-0.2, 0) is 12.7 Å². The third-order valence-corrected chi connectivity index (χ3v) is 4.60. The van der Waals surface area contributed by atoms with Crippen LogP contribution in [0, 0.1) is 6.92 Å². The number of aryl methyl sites for hydroxylation is 1. The highest BCUT2D eigenvalue weighted by Gasteiger charge is 2.30. The van der Waals surface area contributed by atoms with Crippen LogP contribution in [0.2, 0.25) is 0 Å². The number of alkyl halides is 3. The molecule has 9 heteroatoms. The van der Waals surface area contributed by atoms with Crippen LogP contribution in [0.5, 0.6) is 0 Å². The molecule has 1 aromatic heterocycles. The third kappa shape index (κ3) is 4.82. The van der Waals surface area contributed by atoms with Gasteiger partial charge < -0.3 is 15.2 Å². The fraction of sp³-hybridized carbons (Fsp3) is 0.136. The van der Waals surface area contributed by atoms with Gasteiger partial charge >= 0.3 is 6.18 Å². The fourth-order valence-corrected chi connectivity index (χ4v) is 2.98. The van der Waals surface area contributed by atoms with E-state index in [-0.39, 0.29) is 23.4 Å². The Morgan fingerprint density at radius 3 is 2.32 bits per heavy atom. The van der Waals surface area contributed by atoms with Crippen molar-refractivity contribution in [2.75, 3.05) is 0 Å². The van der Waals surface area contributed by atoms with E-state index in [4.69, 9.17) is 0 Å². The van der Waals surface area contributed by atoms with Gasteiger partial charge in [-0.25, -0.2) is 0 Å². The second-order valence-corrected chi connectivity index (χ2v) is 6.74. The molecule has 160 valence electrons. The largest absolute Gasteiger partial charge is 0.545 e. The van der Waals surface area contributed by atoms with E-state index in [1.54, 1.807) is 6.92 Å². The molecule has 1 amide bonds. The number of halogens is 3. The van der Waals surface area contributed by atoms with Crippen molar-refractivity contribution in [1.82, 2.24) is 9.88 Å². The summed E-state index contributed by atoms with van der Waals surface area (Å²) < 4.78 is 40.1. The van der Waals surface area contributed by atoms with Crippen LogP contribution in [-0.4, -0.2) is 16.4 Å². The highest BCUT2D eigenvalue weighted by molar-refractivity contribution is 5.94. The van der Waals surface area contributed by atoms with Crippen LogP contribution in [0.3, 0.4) is 0 Å². The minimum Gasteiger partial charge on any atom is -0.545 e. The van der Waals surface area contributed by atoms with E-state index in [0.29, 0.717) is 11.3 Å². The molecule has 2 aromatic carbocycles. The quantitative estimate of drug-likeness (QED) is 0.675. The zero-order valence-corrected chi connectivity index (χ0v) is 16.2.